The molecule has 0 aromatic heterocycles. The molecule has 4 fully saturated rings. The Balaban J connectivity index is 1.40. The second-order valence-electron chi connectivity index (χ2n) is 13.1. The van der Waals surface area contributed by atoms with Crippen molar-refractivity contribution in [1.29, 1.82) is 0 Å². The molecule has 4 saturated carbocycles. The van der Waals surface area contributed by atoms with Crippen LogP contribution < -0.4 is 11.1 Å². The second-order valence-corrected chi connectivity index (χ2v) is 13.1. The molecule has 4 N–H and O–H groups in total. The molecule has 0 aromatic carbocycles. The van der Waals surface area contributed by atoms with E-state index in [-0.39, 0.29) is 12.0 Å². The van der Waals surface area contributed by atoms with E-state index in [0.29, 0.717) is 29.7 Å². The molecule has 0 spiro atoms. The maximum absolute atomic E-state index is 12.4. The van der Waals surface area contributed by atoms with Crippen LogP contribution in [-0.2, 0) is 4.79 Å². The predicted octanol–water partition coefficient (Wildman–Crippen LogP) is 5.52. The summed E-state index contributed by atoms with van der Waals surface area (Å²) in [6.07, 6.45) is 13.7. The van der Waals surface area contributed by atoms with E-state index >= 15 is 0 Å². The number of carbonyl (C=O) groups is 1. The Morgan fingerprint density at radius 2 is 1.88 bits per heavy atom. The molecule has 0 heterocycles. The zero-order chi connectivity index (χ0) is 23.8. The molecule has 0 aromatic rings. The van der Waals surface area contributed by atoms with Crippen LogP contribution in [0.4, 0.5) is 0 Å². The number of nitrogens with two attached hydrogens (primary N) is 1. The van der Waals surface area contributed by atoms with Crippen molar-refractivity contribution < 1.29 is 9.90 Å². The van der Waals surface area contributed by atoms with Gasteiger partial charge in [0.2, 0.25) is 5.91 Å². The predicted molar refractivity (Wildman–Crippen MR) is 135 cm³/mol. The molecule has 4 aliphatic carbocycles. The van der Waals surface area contributed by atoms with Crippen molar-refractivity contribution in [2.45, 2.75) is 111 Å². The molecule has 4 rings (SSSR count). The number of aliphatic hydroxyl groups is 1. The fraction of sp³-hybridized carbons (Fsp3) is 0.966. The summed E-state index contributed by atoms with van der Waals surface area (Å²) in [5.41, 5.74) is 6.43. The number of fused-ring (bicyclic) bond motifs is 5. The monoisotopic (exact) mass is 460 g/mol. The molecule has 4 aliphatic rings. The maximum Gasteiger partial charge on any atom is 0.220 e. The Morgan fingerprint density at radius 1 is 1.09 bits per heavy atom. The number of hydrogen-bond acceptors (Lipinski definition) is 3. The zero-order valence-corrected chi connectivity index (χ0v) is 22.0. The van der Waals surface area contributed by atoms with Crippen molar-refractivity contribution in [3.05, 3.63) is 0 Å². The molecular formula is C29H52N2O2. The van der Waals surface area contributed by atoms with Gasteiger partial charge in [-0.1, -0.05) is 27.7 Å². The Bertz CT molecular complexity index is 683. The van der Waals surface area contributed by atoms with Crippen LogP contribution in [0.2, 0.25) is 0 Å². The Morgan fingerprint density at radius 3 is 2.64 bits per heavy atom. The van der Waals surface area contributed by atoms with Crippen LogP contribution in [0.15, 0.2) is 0 Å². The van der Waals surface area contributed by atoms with Crippen molar-refractivity contribution in [1.82, 2.24) is 5.32 Å². The second kappa shape index (κ2) is 10.2. The lowest BCUT2D eigenvalue weighted by Gasteiger charge is -2.63. The molecule has 0 saturated heterocycles. The van der Waals surface area contributed by atoms with E-state index in [9.17, 15) is 9.90 Å². The minimum atomic E-state index is -0.0551. The van der Waals surface area contributed by atoms with E-state index in [0.717, 1.165) is 74.2 Å². The molecule has 4 nitrogen and oxygen atoms in total. The molecular weight excluding hydrogens is 408 g/mol. The average Bonchev–Trinajstić information content (AvgIpc) is 3.15. The van der Waals surface area contributed by atoms with Crippen molar-refractivity contribution in [2.75, 3.05) is 13.1 Å². The lowest BCUT2D eigenvalue weighted by atomic mass is 9.42. The van der Waals surface area contributed by atoms with E-state index in [1.54, 1.807) is 0 Å². The smallest absolute Gasteiger partial charge is 0.220 e. The normalized spacial score (nSPS) is 45.6. The minimum Gasteiger partial charge on any atom is -0.393 e. The van der Waals surface area contributed by atoms with Crippen LogP contribution in [0.3, 0.4) is 0 Å². The molecule has 1 amide bonds. The molecule has 10 atom stereocenters. The van der Waals surface area contributed by atoms with Crippen LogP contribution in [0.5, 0.6) is 0 Å². The highest BCUT2D eigenvalue weighted by Gasteiger charge is 2.62. The first kappa shape index (κ1) is 25.5. The summed E-state index contributed by atoms with van der Waals surface area (Å²) in [4.78, 5) is 12.4. The van der Waals surface area contributed by atoms with Gasteiger partial charge in [-0.15, -0.1) is 0 Å². The number of hydrogen-bond donors (Lipinski definition) is 3. The van der Waals surface area contributed by atoms with E-state index in [1.165, 1.54) is 38.5 Å². The van der Waals surface area contributed by atoms with Gasteiger partial charge < -0.3 is 16.2 Å². The number of nitrogens with one attached hydrogen (secondary N) is 1. The van der Waals surface area contributed by atoms with Gasteiger partial charge in [0.05, 0.1) is 6.10 Å². The molecule has 0 bridgehead atoms. The van der Waals surface area contributed by atoms with E-state index < -0.39 is 0 Å². The van der Waals surface area contributed by atoms with Gasteiger partial charge in [-0.2, -0.15) is 0 Å². The van der Waals surface area contributed by atoms with Gasteiger partial charge in [-0.3, -0.25) is 4.79 Å². The number of rotatable bonds is 8. The summed E-state index contributed by atoms with van der Waals surface area (Å²) in [5, 5.41) is 13.4. The number of carbonyl (C=O) groups excluding carboxylic acids is 1. The summed E-state index contributed by atoms with van der Waals surface area (Å²) in [6.45, 7) is 11.7. The van der Waals surface area contributed by atoms with Crippen LogP contribution in [0.25, 0.3) is 0 Å². The van der Waals surface area contributed by atoms with Crippen LogP contribution in [-0.4, -0.2) is 30.2 Å². The fourth-order valence-corrected chi connectivity index (χ4v) is 9.68. The quantitative estimate of drug-likeness (QED) is 0.417. The SMILES string of the molecule is CC(CCC(=O)NCCCCN)[C@H]1CCC2C3CC[C@@H]4C[C@H](O)CC[C@]4(C)C3C[C@H](C)[C@@]21C. The van der Waals surface area contributed by atoms with E-state index in [2.05, 4.69) is 33.0 Å². The van der Waals surface area contributed by atoms with Crippen molar-refractivity contribution in [3.63, 3.8) is 0 Å². The molecule has 190 valence electrons. The standard InChI is InChI=1S/C29H52N2O2/c1-19(7-12-27(33)31-16-6-5-15-30)24-10-11-25-23-9-8-21-18-22(32)13-14-28(21,3)26(23)17-20(2)29(24,25)4/h19-26,32H,5-18,30H2,1-4H3,(H,31,33)/t19?,20-,21+,22+,23?,24+,25?,26?,28-,29+/m0/s1. The Kier molecular flexibility index (Phi) is 7.85. The number of aliphatic hydroxyl groups excluding tert-OH is 1. The van der Waals surface area contributed by atoms with Gasteiger partial charge in [0.25, 0.3) is 0 Å². The average molecular weight is 461 g/mol. The number of unbranched alkanes of at least 4 members (excludes halogenated alkanes) is 1. The minimum absolute atomic E-state index is 0.0551. The largest absolute Gasteiger partial charge is 0.393 e. The lowest BCUT2D eigenvalue weighted by Crippen LogP contribution is -2.56. The molecule has 0 aliphatic heterocycles. The Hall–Kier alpha value is -0.610. The third-order valence-electron chi connectivity index (χ3n) is 11.8. The van der Waals surface area contributed by atoms with Gasteiger partial charge >= 0.3 is 0 Å². The highest BCUT2D eigenvalue weighted by Crippen LogP contribution is 2.69. The van der Waals surface area contributed by atoms with Crippen LogP contribution in [0, 0.1) is 52.3 Å². The van der Waals surface area contributed by atoms with Gasteiger partial charge in [-0.05, 0) is 129 Å². The van der Waals surface area contributed by atoms with Gasteiger partial charge in [0.1, 0.15) is 0 Å². The van der Waals surface area contributed by atoms with Gasteiger partial charge in [-0.25, -0.2) is 0 Å². The molecule has 33 heavy (non-hydrogen) atoms. The Labute approximate surface area is 203 Å². The van der Waals surface area contributed by atoms with Crippen LogP contribution in [0.1, 0.15) is 105 Å². The third-order valence-corrected chi connectivity index (χ3v) is 11.8. The number of amides is 1. The molecule has 4 heteroatoms. The maximum atomic E-state index is 12.4. The van der Waals surface area contributed by atoms with Crippen LogP contribution >= 0.6 is 0 Å². The van der Waals surface area contributed by atoms with Crippen molar-refractivity contribution >= 4 is 5.91 Å². The highest BCUT2D eigenvalue weighted by molar-refractivity contribution is 5.75. The topological polar surface area (TPSA) is 75.4 Å². The summed E-state index contributed by atoms with van der Waals surface area (Å²) >= 11 is 0. The lowest BCUT2D eigenvalue weighted by molar-refractivity contribution is -0.149. The highest BCUT2D eigenvalue weighted by atomic mass is 16.3. The van der Waals surface area contributed by atoms with E-state index in [1.807, 2.05) is 0 Å². The summed E-state index contributed by atoms with van der Waals surface area (Å²) in [6, 6.07) is 0. The summed E-state index contributed by atoms with van der Waals surface area (Å²) in [5.74, 6) is 5.67. The first-order valence-corrected chi connectivity index (χ1v) is 14.4. The summed E-state index contributed by atoms with van der Waals surface area (Å²) < 4.78 is 0. The molecule has 4 unspecified atom stereocenters. The van der Waals surface area contributed by atoms with Gasteiger partial charge in [0, 0.05) is 13.0 Å². The van der Waals surface area contributed by atoms with Gasteiger partial charge in [0.15, 0.2) is 0 Å². The summed E-state index contributed by atoms with van der Waals surface area (Å²) in [7, 11) is 0. The first-order valence-electron chi connectivity index (χ1n) is 14.4. The van der Waals surface area contributed by atoms with Crippen molar-refractivity contribution in [3.8, 4) is 0 Å². The fourth-order valence-electron chi connectivity index (χ4n) is 9.68. The van der Waals surface area contributed by atoms with Crippen molar-refractivity contribution in [2.24, 2.45) is 58.0 Å². The van der Waals surface area contributed by atoms with E-state index in [4.69, 9.17) is 5.73 Å². The zero-order valence-electron chi connectivity index (χ0n) is 22.0. The third kappa shape index (κ3) is 4.65. The molecule has 0 radical (unpaired) electrons. The first-order chi connectivity index (χ1) is 15.7.